The van der Waals surface area contributed by atoms with E-state index in [-0.39, 0.29) is 23.7 Å². The second-order valence-corrected chi connectivity index (χ2v) is 13.1. The lowest BCUT2D eigenvalue weighted by molar-refractivity contribution is -0.143. The molecule has 0 aliphatic carbocycles. The van der Waals surface area contributed by atoms with Crippen molar-refractivity contribution in [1.29, 1.82) is 0 Å². The van der Waals surface area contributed by atoms with Gasteiger partial charge in [0.05, 0.1) is 12.7 Å². The predicted octanol–water partition coefficient (Wildman–Crippen LogP) is 3.83. The zero-order chi connectivity index (χ0) is 34.8. The van der Waals surface area contributed by atoms with Crippen molar-refractivity contribution >= 4 is 29.9 Å². The average Bonchev–Trinajstić information content (AvgIpc) is 3.42. The molecule has 2 unspecified atom stereocenters. The van der Waals surface area contributed by atoms with Crippen LogP contribution in [0.5, 0.6) is 5.75 Å². The molecule has 4 rings (SSSR count). The fourth-order valence-corrected chi connectivity index (χ4v) is 5.24. The first-order valence-electron chi connectivity index (χ1n) is 14.9. The highest BCUT2D eigenvalue weighted by atomic mass is 16.6. The molecule has 2 heterocycles. The van der Waals surface area contributed by atoms with Crippen molar-refractivity contribution in [1.82, 2.24) is 26.6 Å². The van der Waals surface area contributed by atoms with Crippen molar-refractivity contribution in [3.8, 4) is 5.75 Å². The highest BCUT2D eigenvalue weighted by molar-refractivity contribution is 6.20. The second-order valence-electron chi connectivity index (χ2n) is 13.1. The summed E-state index contributed by atoms with van der Waals surface area (Å²) in [4.78, 5) is 59.3. The van der Waals surface area contributed by atoms with Crippen molar-refractivity contribution in [3.05, 3.63) is 77.0 Å². The van der Waals surface area contributed by atoms with Crippen molar-refractivity contribution in [3.63, 3.8) is 0 Å². The molecule has 0 fully saturated rings. The molecule has 252 valence electrons. The summed E-state index contributed by atoms with van der Waals surface area (Å²) < 4.78 is 21.9. The minimum Gasteiger partial charge on any atom is -0.497 e. The van der Waals surface area contributed by atoms with Crippen LogP contribution in [0.3, 0.4) is 0 Å². The number of benzene rings is 2. The van der Waals surface area contributed by atoms with E-state index in [4.69, 9.17) is 23.9 Å². The molecule has 1 spiro atoms. The maximum Gasteiger partial charge on any atom is 0.426 e. The molecule has 0 aromatic heterocycles. The molecule has 3 amide bonds. The first kappa shape index (κ1) is 34.8. The van der Waals surface area contributed by atoms with E-state index in [0.29, 0.717) is 16.9 Å². The lowest BCUT2D eigenvalue weighted by Gasteiger charge is -2.44. The second kappa shape index (κ2) is 12.9. The zero-order valence-corrected chi connectivity index (χ0v) is 28.1. The number of hydrogen-bond donors (Lipinski definition) is 4. The van der Waals surface area contributed by atoms with E-state index in [0.717, 1.165) is 0 Å². The molecule has 2 atom stereocenters. The van der Waals surface area contributed by atoms with Gasteiger partial charge in [0.15, 0.2) is 5.66 Å². The van der Waals surface area contributed by atoms with Crippen molar-refractivity contribution in [2.45, 2.75) is 84.4 Å². The summed E-state index contributed by atoms with van der Waals surface area (Å²) in [5, 5.41) is 4.01. The largest absolute Gasteiger partial charge is 0.497 e. The van der Waals surface area contributed by atoms with Crippen LogP contribution in [-0.4, -0.2) is 64.4 Å². The summed E-state index contributed by atoms with van der Waals surface area (Å²) in [5.74, 6) is -0.900. The van der Waals surface area contributed by atoms with Crippen molar-refractivity contribution in [2.24, 2.45) is 4.99 Å². The van der Waals surface area contributed by atoms with E-state index in [1.54, 1.807) is 90.1 Å². The molecule has 4 N–H and O–H groups in total. The Labute approximate surface area is 273 Å². The number of ether oxygens (including phenoxy) is 4. The third-order valence-electron chi connectivity index (χ3n) is 7.24. The smallest absolute Gasteiger partial charge is 0.426 e. The number of rotatable bonds is 8. The van der Waals surface area contributed by atoms with Crippen LogP contribution in [0, 0.1) is 0 Å². The van der Waals surface area contributed by atoms with Gasteiger partial charge in [0.1, 0.15) is 29.4 Å². The standard InChI is InChI=1S/C33H42N6O8/c1-20-24(26(40)45-19-21-13-11-10-12-14-21)33(27(41)34-25(35-33)22-15-17-23(44-9)18-16-22)32(8,38-36-28(42)46-30(2,3)4)39(20)37-29(43)47-31(5,6)7/h10-18,38H,19H2,1-9H3,(H,36,42)(H,37,43)(H,34,35,41). The molecule has 0 saturated heterocycles. The minimum absolute atomic E-state index is 0.102. The number of nitrogens with zero attached hydrogens (tertiary/aromatic N) is 2. The Morgan fingerprint density at radius 3 is 2.09 bits per heavy atom. The van der Waals surface area contributed by atoms with Crippen molar-refractivity contribution in [2.75, 3.05) is 7.11 Å². The van der Waals surface area contributed by atoms with Crippen molar-refractivity contribution < 1.29 is 38.1 Å². The first-order chi connectivity index (χ1) is 21.9. The maximum atomic E-state index is 14.3. The summed E-state index contributed by atoms with van der Waals surface area (Å²) in [6.07, 6.45) is -1.78. The molecule has 0 radical (unpaired) electrons. The van der Waals surface area contributed by atoms with Gasteiger partial charge in [0, 0.05) is 11.3 Å². The van der Waals surface area contributed by atoms with Crippen LogP contribution >= 0.6 is 0 Å². The summed E-state index contributed by atoms with van der Waals surface area (Å²) in [7, 11) is 1.53. The third-order valence-corrected chi connectivity index (χ3v) is 7.24. The Kier molecular flexibility index (Phi) is 9.57. The highest BCUT2D eigenvalue weighted by Gasteiger charge is 2.70. The molecule has 14 nitrogen and oxygen atoms in total. The number of carbonyl (C=O) groups excluding carboxylic acids is 4. The van der Waals surface area contributed by atoms with E-state index in [1.165, 1.54) is 26.0 Å². The molecule has 2 aliphatic heterocycles. The van der Waals surface area contributed by atoms with Gasteiger partial charge < -0.3 is 24.3 Å². The number of amidine groups is 1. The van der Waals surface area contributed by atoms with Gasteiger partial charge in [-0.05, 0) is 85.2 Å². The summed E-state index contributed by atoms with van der Waals surface area (Å²) in [5.41, 5.74) is 3.29. The monoisotopic (exact) mass is 650 g/mol. The summed E-state index contributed by atoms with van der Waals surface area (Å²) in [6.45, 7) is 13.0. The molecule has 2 aromatic carbocycles. The van der Waals surface area contributed by atoms with Gasteiger partial charge in [-0.25, -0.2) is 30.2 Å². The fourth-order valence-electron chi connectivity index (χ4n) is 5.24. The number of amides is 3. The number of esters is 1. The Hall–Kier alpha value is -5.11. The average molecular weight is 651 g/mol. The molecule has 2 aromatic rings. The zero-order valence-electron chi connectivity index (χ0n) is 28.1. The molecular formula is C33H42N6O8. The molecule has 47 heavy (non-hydrogen) atoms. The maximum absolute atomic E-state index is 14.3. The predicted molar refractivity (Wildman–Crippen MR) is 171 cm³/mol. The molecule has 14 heteroatoms. The van der Waals surface area contributed by atoms with Gasteiger partial charge in [-0.3, -0.25) is 15.2 Å². The Bertz CT molecular complexity index is 1590. The van der Waals surface area contributed by atoms with E-state index in [1.807, 2.05) is 6.07 Å². The SMILES string of the molecule is COc1ccc(C2=NC3(C(=O)N2)C(C(=O)OCc2ccccc2)=C(C)N(NC(=O)OC(C)(C)C)C3(C)NNC(=O)OC(C)(C)C)cc1. The Balaban J connectivity index is 1.87. The van der Waals surface area contributed by atoms with E-state index < -0.39 is 46.5 Å². The Morgan fingerprint density at radius 1 is 0.915 bits per heavy atom. The minimum atomic E-state index is -2.13. The van der Waals surface area contributed by atoms with Gasteiger partial charge in [0.25, 0.3) is 5.91 Å². The van der Waals surface area contributed by atoms with E-state index in [9.17, 15) is 19.2 Å². The van der Waals surface area contributed by atoms with Gasteiger partial charge in [-0.2, -0.15) is 0 Å². The third kappa shape index (κ3) is 7.32. The van der Waals surface area contributed by atoms with E-state index in [2.05, 4.69) is 21.6 Å². The summed E-state index contributed by atoms with van der Waals surface area (Å²) >= 11 is 0. The van der Waals surface area contributed by atoms with Crippen LogP contribution < -0.4 is 26.3 Å². The quantitative estimate of drug-likeness (QED) is 0.187. The molecule has 2 aliphatic rings. The molecule has 0 bridgehead atoms. The Morgan fingerprint density at radius 2 is 1.51 bits per heavy atom. The van der Waals surface area contributed by atoms with Gasteiger partial charge in [0.2, 0.25) is 5.54 Å². The van der Waals surface area contributed by atoms with Gasteiger partial charge in [-0.15, -0.1) is 0 Å². The lowest BCUT2D eigenvalue weighted by atomic mass is 9.81. The topological polar surface area (TPSA) is 169 Å². The number of hydrogen-bond acceptors (Lipinski definition) is 11. The van der Waals surface area contributed by atoms with Gasteiger partial charge in [-0.1, -0.05) is 30.3 Å². The number of carbonyl (C=O) groups is 4. The number of methoxy groups -OCH3 is 1. The van der Waals surface area contributed by atoms with Gasteiger partial charge >= 0.3 is 18.2 Å². The van der Waals surface area contributed by atoms with Crippen LogP contribution in [0.25, 0.3) is 0 Å². The number of nitrogens with one attached hydrogen (secondary N) is 4. The van der Waals surface area contributed by atoms with Crippen LogP contribution in [0.15, 0.2) is 70.9 Å². The molecule has 0 saturated carbocycles. The number of hydrazine groups is 2. The normalized spacial score (nSPS) is 20.8. The van der Waals surface area contributed by atoms with Crippen LogP contribution in [0.2, 0.25) is 0 Å². The number of allylic oxidation sites excluding steroid dienone is 1. The lowest BCUT2D eigenvalue weighted by Crippen LogP contribution is -2.74. The molecular weight excluding hydrogens is 608 g/mol. The fraction of sp³-hybridized carbons (Fsp3) is 0.424. The first-order valence-corrected chi connectivity index (χ1v) is 14.9. The van der Waals surface area contributed by atoms with Crippen LogP contribution in [-0.2, 0) is 30.4 Å². The van der Waals surface area contributed by atoms with Crippen LogP contribution in [0.4, 0.5) is 9.59 Å². The highest BCUT2D eigenvalue weighted by Crippen LogP contribution is 2.48. The number of aliphatic imine (C=N–C) groups is 1. The van der Waals surface area contributed by atoms with Crippen LogP contribution in [0.1, 0.15) is 66.5 Å². The summed E-state index contributed by atoms with van der Waals surface area (Å²) in [6, 6.07) is 15.8. The van der Waals surface area contributed by atoms with E-state index >= 15 is 0 Å².